The van der Waals surface area contributed by atoms with Gasteiger partial charge in [0.1, 0.15) is 5.82 Å². The summed E-state index contributed by atoms with van der Waals surface area (Å²) in [5.41, 5.74) is 1.42. The summed E-state index contributed by atoms with van der Waals surface area (Å²) in [7, 11) is 0. The van der Waals surface area contributed by atoms with E-state index in [0.29, 0.717) is 11.5 Å². The highest BCUT2D eigenvalue weighted by atomic mass is 16.3. The van der Waals surface area contributed by atoms with E-state index in [1.165, 1.54) is 10.6 Å². The van der Waals surface area contributed by atoms with Gasteiger partial charge in [0.2, 0.25) is 0 Å². The molecule has 2 rings (SSSR count). The second-order valence-electron chi connectivity index (χ2n) is 4.39. The zero-order valence-corrected chi connectivity index (χ0v) is 10.5. The zero-order chi connectivity index (χ0) is 13.1. The summed E-state index contributed by atoms with van der Waals surface area (Å²) in [4.78, 5) is 16.4. The molecular weight excluding hydrogens is 228 g/mol. The molecule has 0 saturated heterocycles. The first-order valence-corrected chi connectivity index (χ1v) is 5.90. The standard InChI is InChI=1S/C14H16N2O2/c1-10-8-13(18)16(9-11(2)17)14(15-10)12-6-4-3-5-7-12/h3-8,11,17H,9H2,1-2H3/t11-/m0/s1. The fraction of sp³-hybridized carbons (Fsp3) is 0.286. The van der Waals surface area contributed by atoms with Crippen molar-refractivity contribution < 1.29 is 5.11 Å². The van der Waals surface area contributed by atoms with E-state index in [1.54, 1.807) is 13.8 Å². The third kappa shape index (κ3) is 2.65. The van der Waals surface area contributed by atoms with Crippen molar-refractivity contribution in [3.05, 3.63) is 52.4 Å². The Morgan fingerprint density at radius 3 is 2.61 bits per heavy atom. The summed E-state index contributed by atoms with van der Waals surface area (Å²) in [5, 5.41) is 9.48. The Morgan fingerprint density at radius 1 is 1.33 bits per heavy atom. The van der Waals surface area contributed by atoms with Crippen LogP contribution in [0.25, 0.3) is 11.4 Å². The quantitative estimate of drug-likeness (QED) is 0.892. The van der Waals surface area contributed by atoms with E-state index < -0.39 is 6.10 Å². The van der Waals surface area contributed by atoms with Crippen LogP contribution in [-0.2, 0) is 6.54 Å². The van der Waals surface area contributed by atoms with Gasteiger partial charge in [-0.1, -0.05) is 30.3 Å². The number of nitrogens with zero attached hydrogens (tertiary/aromatic N) is 2. The second kappa shape index (κ2) is 5.14. The highest BCUT2D eigenvalue weighted by molar-refractivity contribution is 5.55. The Balaban J connectivity index is 2.61. The third-order valence-electron chi connectivity index (χ3n) is 2.62. The number of aliphatic hydroxyl groups is 1. The van der Waals surface area contributed by atoms with Gasteiger partial charge >= 0.3 is 0 Å². The Morgan fingerprint density at radius 2 is 2.00 bits per heavy atom. The van der Waals surface area contributed by atoms with Gasteiger partial charge in [0, 0.05) is 17.3 Å². The van der Waals surface area contributed by atoms with E-state index in [9.17, 15) is 9.90 Å². The minimum Gasteiger partial charge on any atom is -0.392 e. The van der Waals surface area contributed by atoms with Crippen LogP contribution in [0.4, 0.5) is 0 Å². The Hall–Kier alpha value is -1.94. The number of aryl methyl sites for hydroxylation is 1. The lowest BCUT2D eigenvalue weighted by Gasteiger charge is -2.14. The predicted molar refractivity (Wildman–Crippen MR) is 70.4 cm³/mol. The highest BCUT2D eigenvalue weighted by Crippen LogP contribution is 2.15. The summed E-state index contributed by atoms with van der Waals surface area (Å²) in [6.07, 6.45) is -0.588. The lowest BCUT2D eigenvalue weighted by molar-refractivity contribution is 0.172. The van der Waals surface area contributed by atoms with Gasteiger partial charge < -0.3 is 5.11 Å². The van der Waals surface area contributed by atoms with E-state index in [1.807, 2.05) is 30.3 Å². The maximum absolute atomic E-state index is 12.0. The molecule has 0 radical (unpaired) electrons. The summed E-state index contributed by atoms with van der Waals surface area (Å²) in [5.74, 6) is 0.599. The molecule has 1 atom stereocenters. The largest absolute Gasteiger partial charge is 0.392 e. The average Bonchev–Trinajstić information content (AvgIpc) is 2.33. The van der Waals surface area contributed by atoms with Crippen molar-refractivity contribution in [2.45, 2.75) is 26.5 Å². The number of aliphatic hydroxyl groups excluding tert-OH is 1. The normalized spacial score (nSPS) is 12.4. The molecule has 0 saturated carbocycles. The molecule has 0 aliphatic rings. The van der Waals surface area contributed by atoms with Gasteiger partial charge in [0.25, 0.3) is 5.56 Å². The molecular formula is C14H16N2O2. The Kier molecular flexibility index (Phi) is 3.58. The first-order valence-electron chi connectivity index (χ1n) is 5.90. The van der Waals surface area contributed by atoms with Crippen LogP contribution in [0.15, 0.2) is 41.2 Å². The average molecular weight is 244 g/mol. The van der Waals surface area contributed by atoms with Crippen LogP contribution in [0.2, 0.25) is 0 Å². The van der Waals surface area contributed by atoms with Crippen molar-refractivity contribution in [2.24, 2.45) is 0 Å². The molecule has 0 bridgehead atoms. The van der Waals surface area contributed by atoms with E-state index in [0.717, 1.165) is 5.56 Å². The SMILES string of the molecule is Cc1cc(=O)n(C[C@H](C)O)c(-c2ccccc2)n1. The number of benzene rings is 1. The van der Waals surface area contributed by atoms with E-state index >= 15 is 0 Å². The monoisotopic (exact) mass is 244 g/mol. The summed E-state index contributed by atoms with van der Waals surface area (Å²) in [6, 6.07) is 11.0. The molecule has 0 spiro atoms. The third-order valence-corrected chi connectivity index (χ3v) is 2.62. The molecule has 0 aliphatic heterocycles. The smallest absolute Gasteiger partial charge is 0.254 e. The zero-order valence-electron chi connectivity index (χ0n) is 10.5. The first kappa shape index (κ1) is 12.5. The van der Waals surface area contributed by atoms with Crippen LogP contribution in [0.1, 0.15) is 12.6 Å². The maximum Gasteiger partial charge on any atom is 0.254 e. The molecule has 1 heterocycles. The number of aromatic nitrogens is 2. The summed E-state index contributed by atoms with van der Waals surface area (Å²) in [6.45, 7) is 3.69. The van der Waals surface area contributed by atoms with Crippen LogP contribution >= 0.6 is 0 Å². The molecule has 1 aromatic carbocycles. The first-order chi connectivity index (χ1) is 8.58. The topological polar surface area (TPSA) is 55.1 Å². The van der Waals surface area contributed by atoms with Crippen molar-refractivity contribution in [1.29, 1.82) is 0 Å². The van der Waals surface area contributed by atoms with Gasteiger partial charge in [-0.05, 0) is 13.8 Å². The molecule has 0 fully saturated rings. The molecule has 1 N–H and O–H groups in total. The highest BCUT2D eigenvalue weighted by Gasteiger charge is 2.10. The number of hydrogen-bond donors (Lipinski definition) is 1. The molecule has 4 heteroatoms. The van der Waals surface area contributed by atoms with Crippen molar-refractivity contribution in [3.8, 4) is 11.4 Å². The van der Waals surface area contributed by atoms with Crippen LogP contribution in [0, 0.1) is 6.92 Å². The molecule has 0 amide bonds. The number of rotatable bonds is 3. The van der Waals surface area contributed by atoms with E-state index in [4.69, 9.17) is 0 Å². The lowest BCUT2D eigenvalue weighted by atomic mass is 10.2. The Bertz CT molecular complexity index is 588. The van der Waals surface area contributed by atoms with Gasteiger partial charge in [0.05, 0.1) is 12.6 Å². The molecule has 0 aliphatic carbocycles. The van der Waals surface area contributed by atoms with Gasteiger partial charge in [0.15, 0.2) is 0 Å². The molecule has 4 nitrogen and oxygen atoms in total. The van der Waals surface area contributed by atoms with Gasteiger partial charge in [-0.15, -0.1) is 0 Å². The molecule has 0 unspecified atom stereocenters. The van der Waals surface area contributed by atoms with Gasteiger partial charge in [-0.3, -0.25) is 9.36 Å². The van der Waals surface area contributed by atoms with Gasteiger partial charge in [-0.2, -0.15) is 0 Å². The molecule has 18 heavy (non-hydrogen) atoms. The minimum absolute atomic E-state index is 0.137. The lowest BCUT2D eigenvalue weighted by Crippen LogP contribution is -2.27. The van der Waals surface area contributed by atoms with Crippen molar-refractivity contribution >= 4 is 0 Å². The summed E-state index contributed by atoms with van der Waals surface area (Å²) >= 11 is 0. The predicted octanol–water partition coefficient (Wildman–Crippen LogP) is 1.60. The van der Waals surface area contributed by atoms with Crippen LogP contribution in [0.3, 0.4) is 0 Å². The Labute approximate surface area is 106 Å². The maximum atomic E-state index is 12.0. The minimum atomic E-state index is -0.588. The van der Waals surface area contributed by atoms with Crippen molar-refractivity contribution in [1.82, 2.24) is 9.55 Å². The van der Waals surface area contributed by atoms with Crippen molar-refractivity contribution in [3.63, 3.8) is 0 Å². The summed E-state index contributed by atoms with van der Waals surface area (Å²) < 4.78 is 1.51. The molecule has 94 valence electrons. The van der Waals surface area contributed by atoms with Crippen LogP contribution < -0.4 is 5.56 Å². The van der Waals surface area contributed by atoms with E-state index in [2.05, 4.69) is 4.98 Å². The molecule has 1 aromatic heterocycles. The fourth-order valence-electron chi connectivity index (χ4n) is 1.87. The van der Waals surface area contributed by atoms with Gasteiger partial charge in [-0.25, -0.2) is 4.98 Å². The van der Waals surface area contributed by atoms with E-state index in [-0.39, 0.29) is 12.1 Å². The van der Waals surface area contributed by atoms with Crippen LogP contribution in [-0.4, -0.2) is 20.8 Å². The van der Waals surface area contributed by atoms with Crippen LogP contribution in [0.5, 0.6) is 0 Å². The molecule has 2 aromatic rings. The van der Waals surface area contributed by atoms with Crippen molar-refractivity contribution in [2.75, 3.05) is 0 Å². The second-order valence-corrected chi connectivity index (χ2v) is 4.39. The fourth-order valence-corrected chi connectivity index (χ4v) is 1.87. The number of hydrogen-bond acceptors (Lipinski definition) is 3.